The first-order valence-corrected chi connectivity index (χ1v) is 9.87. The molecule has 3 heterocycles. The number of carbonyl (C=O) groups is 2. The zero-order valence-electron chi connectivity index (χ0n) is 13.2. The van der Waals surface area contributed by atoms with Crippen LogP contribution < -0.4 is 11.1 Å². The van der Waals surface area contributed by atoms with E-state index in [2.05, 4.69) is 21.7 Å². The van der Waals surface area contributed by atoms with E-state index in [0.29, 0.717) is 29.1 Å². The van der Waals surface area contributed by atoms with E-state index in [1.807, 2.05) is 11.3 Å². The van der Waals surface area contributed by atoms with Crippen molar-refractivity contribution in [2.45, 2.75) is 25.3 Å². The van der Waals surface area contributed by atoms with E-state index >= 15 is 0 Å². The van der Waals surface area contributed by atoms with Gasteiger partial charge in [-0.25, -0.2) is 0 Å². The Hall–Kier alpha value is -1.70. The number of hydrogen-bond acceptors (Lipinski definition) is 5. The van der Waals surface area contributed by atoms with Gasteiger partial charge in [0.05, 0.1) is 12.1 Å². The summed E-state index contributed by atoms with van der Waals surface area (Å²) >= 11 is 3.16. The highest BCUT2D eigenvalue weighted by atomic mass is 32.1. The van der Waals surface area contributed by atoms with Crippen LogP contribution in [0.5, 0.6) is 0 Å². The van der Waals surface area contributed by atoms with E-state index in [4.69, 9.17) is 5.73 Å². The molecule has 7 heteroatoms. The van der Waals surface area contributed by atoms with Gasteiger partial charge >= 0.3 is 0 Å². The average molecular weight is 361 g/mol. The Bertz CT molecular complexity index is 778. The highest BCUT2D eigenvalue weighted by Gasteiger charge is 2.40. The molecule has 2 aromatic rings. The SMILES string of the molecule is NC(=O)c1ccsc1NC(=O)CN1CCc2sccc2[C@@H]1C1CC1. The molecule has 0 saturated heterocycles. The third kappa shape index (κ3) is 2.99. The fourth-order valence-corrected chi connectivity index (χ4v) is 5.21. The molecule has 1 aliphatic heterocycles. The van der Waals surface area contributed by atoms with Crippen molar-refractivity contribution in [2.24, 2.45) is 11.7 Å². The molecule has 5 nitrogen and oxygen atoms in total. The van der Waals surface area contributed by atoms with Crippen molar-refractivity contribution < 1.29 is 9.59 Å². The second-order valence-corrected chi connectivity index (χ2v) is 8.29. The molecule has 1 aliphatic carbocycles. The van der Waals surface area contributed by atoms with Crippen molar-refractivity contribution in [2.75, 3.05) is 18.4 Å². The van der Waals surface area contributed by atoms with Gasteiger partial charge in [0.1, 0.15) is 5.00 Å². The lowest BCUT2D eigenvalue weighted by Crippen LogP contribution is -2.41. The number of nitrogens with two attached hydrogens (primary N) is 1. The summed E-state index contributed by atoms with van der Waals surface area (Å²) in [5.41, 5.74) is 7.13. The number of thiophene rings is 2. The minimum absolute atomic E-state index is 0.0794. The number of rotatable bonds is 5. The number of hydrogen-bond donors (Lipinski definition) is 2. The van der Waals surface area contributed by atoms with Crippen molar-refractivity contribution in [1.82, 2.24) is 4.90 Å². The lowest BCUT2D eigenvalue weighted by atomic mass is 9.96. The van der Waals surface area contributed by atoms with Gasteiger partial charge in [-0.1, -0.05) is 0 Å². The summed E-state index contributed by atoms with van der Waals surface area (Å²) in [4.78, 5) is 27.6. The fraction of sp³-hybridized carbons (Fsp3) is 0.412. The van der Waals surface area contributed by atoms with Crippen LogP contribution in [0.3, 0.4) is 0 Å². The number of carbonyl (C=O) groups excluding carboxylic acids is 2. The normalized spacial score (nSPS) is 20.6. The predicted molar refractivity (Wildman–Crippen MR) is 96.5 cm³/mol. The molecular formula is C17H19N3O2S2. The van der Waals surface area contributed by atoms with E-state index in [1.54, 1.807) is 11.4 Å². The Morgan fingerprint density at radius 3 is 2.79 bits per heavy atom. The van der Waals surface area contributed by atoms with E-state index in [0.717, 1.165) is 13.0 Å². The van der Waals surface area contributed by atoms with Crippen LogP contribution >= 0.6 is 22.7 Å². The summed E-state index contributed by atoms with van der Waals surface area (Å²) in [7, 11) is 0. The molecule has 126 valence electrons. The Balaban J connectivity index is 1.47. The lowest BCUT2D eigenvalue weighted by Gasteiger charge is -2.35. The minimum atomic E-state index is -0.511. The van der Waals surface area contributed by atoms with Crippen LogP contribution in [0.25, 0.3) is 0 Å². The summed E-state index contributed by atoms with van der Waals surface area (Å²) in [6, 6.07) is 4.23. The summed E-state index contributed by atoms with van der Waals surface area (Å²) in [5, 5.41) is 7.33. The molecule has 3 N–H and O–H groups in total. The summed E-state index contributed by atoms with van der Waals surface area (Å²) in [6.45, 7) is 1.27. The summed E-state index contributed by atoms with van der Waals surface area (Å²) < 4.78 is 0. The fourth-order valence-electron chi connectivity index (χ4n) is 3.49. The zero-order valence-corrected chi connectivity index (χ0v) is 14.8. The van der Waals surface area contributed by atoms with E-state index in [1.165, 1.54) is 34.6 Å². The van der Waals surface area contributed by atoms with Gasteiger partial charge in [0.2, 0.25) is 5.91 Å². The first-order chi connectivity index (χ1) is 11.6. The second-order valence-electron chi connectivity index (χ2n) is 6.38. The van der Waals surface area contributed by atoms with Gasteiger partial charge in [-0.05, 0) is 53.6 Å². The quantitative estimate of drug-likeness (QED) is 0.860. The minimum Gasteiger partial charge on any atom is -0.366 e. The smallest absolute Gasteiger partial charge is 0.251 e. The van der Waals surface area contributed by atoms with Gasteiger partial charge in [0, 0.05) is 17.5 Å². The van der Waals surface area contributed by atoms with Crippen molar-refractivity contribution in [3.63, 3.8) is 0 Å². The molecule has 0 aromatic carbocycles. The van der Waals surface area contributed by atoms with Gasteiger partial charge in [-0.2, -0.15) is 0 Å². The standard InChI is InChI=1S/C17H19N3O2S2/c18-16(22)12-5-8-24-17(12)19-14(21)9-20-6-3-13-11(4-7-23-13)15(20)10-1-2-10/h4-5,7-8,10,15H,1-3,6,9H2,(H2,18,22)(H,19,21)/t15-/m0/s1. The molecule has 1 saturated carbocycles. The first-order valence-electron chi connectivity index (χ1n) is 8.11. The molecular weight excluding hydrogens is 342 g/mol. The maximum atomic E-state index is 12.5. The van der Waals surface area contributed by atoms with Crippen molar-refractivity contribution in [3.8, 4) is 0 Å². The molecule has 0 bridgehead atoms. The van der Waals surface area contributed by atoms with Gasteiger partial charge in [-0.3, -0.25) is 14.5 Å². The maximum absolute atomic E-state index is 12.5. The molecule has 1 fully saturated rings. The summed E-state index contributed by atoms with van der Waals surface area (Å²) in [6.07, 6.45) is 3.50. The van der Waals surface area contributed by atoms with Crippen LogP contribution in [0.15, 0.2) is 22.9 Å². The van der Waals surface area contributed by atoms with E-state index in [9.17, 15) is 9.59 Å². The van der Waals surface area contributed by atoms with Crippen LogP contribution in [0.4, 0.5) is 5.00 Å². The highest BCUT2D eigenvalue weighted by molar-refractivity contribution is 7.14. The molecule has 24 heavy (non-hydrogen) atoms. The molecule has 2 aliphatic rings. The molecule has 2 aromatic heterocycles. The molecule has 0 radical (unpaired) electrons. The molecule has 2 amide bonds. The number of anilines is 1. The van der Waals surface area contributed by atoms with Crippen molar-refractivity contribution in [3.05, 3.63) is 38.9 Å². The Kier molecular flexibility index (Phi) is 4.15. The molecule has 1 atom stereocenters. The lowest BCUT2D eigenvalue weighted by molar-refractivity contribution is -0.118. The highest BCUT2D eigenvalue weighted by Crippen LogP contribution is 2.48. The Morgan fingerprint density at radius 1 is 1.25 bits per heavy atom. The average Bonchev–Trinajstić information content (AvgIpc) is 3.07. The first kappa shape index (κ1) is 15.8. The molecule has 0 unspecified atom stereocenters. The maximum Gasteiger partial charge on any atom is 0.251 e. The Labute approximate surface area is 148 Å². The third-order valence-electron chi connectivity index (χ3n) is 4.72. The molecule has 4 rings (SSSR count). The van der Waals surface area contributed by atoms with Gasteiger partial charge in [0.15, 0.2) is 0 Å². The van der Waals surface area contributed by atoms with Crippen molar-refractivity contribution in [1.29, 1.82) is 0 Å². The van der Waals surface area contributed by atoms with Crippen molar-refractivity contribution >= 4 is 39.5 Å². The van der Waals surface area contributed by atoms with Gasteiger partial charge in [0.25, 0.3) is 5.91 Å². The number of nitrogens with zero attached hydrogens (tertiary/aromatic N) is 1. The Morgan fingerprint density at radius 2 is 2.04 bits per heavy atom. The van der Waals surface area contributed by atoms with E-state index in [-0.39, 0.29) is 5.91 Å². The van der Waals surface area contributed by atoms with E-state index < -0.39 is 5.91 Å². The number of primary amides is 1. The third-order valence-corrected chi connectivity index (χ3v) is 6.54. The topological polar surface area (TPSA) is 75.4 Å². The van der Waals surface area contributed by atoms with Crippen LogP contribution in [0.1, 0.15) is 39.7 Å². The predicted octanol–water partition coefficient (Wildman–Crippen LogP) is 2.86. The van der Waals surface area contributed by atoms with Crippen LogP contribution in [0, 0.1) is 5.92 Å². The van der Waals surface area contributed by atoms with Crippen LogP contribution in [0.2, 0.25) is 0 Å². The molecule has 0 spiro atoms. The number of nitrogens with one attached hydrogen (secondary N) is 1. The second kappa shape index (κ2) is 6.31. The summed E-state index contributed by atoms with van der Waals surface area (Å²) in [5.74, 6) is 0.0851. The zero-order chi connectivity index (χ0) is 16.7. The number of amides is 2. The van der Waals surface area contributed by atoms with Crippen LogP contribution in [-0.4, -0.2) is 29.8 Å². The monoisotopic (exact) mass is 361 g/mol. The van der Waals surface area contributed by atoms with Crippen LogP contribution in [-0.2, 0) is 11.2 Å². The number of fused-ring (bicyclic) bond motifs is 1. The largest absolute Gasteiger partial charge is 0.366 e. The van der Waals surface area contributed by atoms with Gasteiger partial charge in [-0.15, -0.1) is 22.7 Å². The van der Waals surface area contributed by atoms with Gasteiger partial charge < -0.3 is 11.1 Å².